The lowest BCUT2D eigenvalue weighted by Crippen LogP contribution is -2.21. The Kier molecular flexibility index (Phi) is 3.88. The van der Waals surface area contributed by atoms with Gasteiger partial charge in [-0.1, -0.05) is 0 Å². The summed E-state index contributed by atoms with van der Waals surface area (Å²) in [5.74, 6) is 0.269. The number of nitrogens with zero attached hydrogens (tertiary/aromatic N) is 4. The van der Waals surface area contributed by atoms with Gasteiger partial charge in [-0.15, -0.1) is 9.24 Å². The lowest BCUT2D eigenvalue weighted by atomic mass is 10.4. The van der Waals surface area contributed by atoms with Gasteiger partial charge in [0.1, 0.15) is 18.3 Å². The predicted molar refractivity (Wildman–Crippen MR) is 69.6 cm³/mol. The van der Waals surface area contributed by atoms with Crippen molar-refractivity contribution in [3.8, 4) is 0 Å². The highest BCUT2D eigenvalue weighted by Gasteiger charge is 2.14. The summed E-state index contributed by atoms with van der Waals surface area (Å²) in [6, 6.07) is 0. The molecule has 18 heavy (non-hydrogen) atoms. The quantitative estimate of drug-likeness (QED) is 0.752. The summed E-state index contributed by atoms with van der Waals surface area (Å²) in [4.78, 5) is 11.9. The van der Waals surface area contributed by atoms with Crippen LogP contribution in [0, 0.1) is 0 Å². The molecular weight excluding hydrogens is 258 g/mol. The molecule has 0 bridgehead atoms. The van der Waals surface area contributed by atoms with Crippen molar-refractivity contribution < 1.29 is 9.13 Å². The average molecular weight is 272 g/mol. The van der Waals surface area contributed by atoms with Crippen LogP contribution >= 0.6 is 9.24 Å². The first-order chi connectivity index (χ1) is 8.65. The van der Waals surface area contributed by atoms with Crippen molar-refractivity contribution in [2.24, 2.45) is 0 Å². The lowest BCUT2D eigenvalue weighted by Gasteiger charge is -2.13. The maximum absolute atomic E-state index is 12.7. The lowest BCUT2D eigenvalue weighted by molar-refractivity contribution is 0.0558. The van der Waals surface area contributed by atoms with Crippen molar-refractivity contribution in [3.05, 3.63) is 6.33 Å². The van der Waals surface area contributed by atoms with E-state index in [9.17, 15) is 4.39 Å². The van der Waals surface area contributed by atoms with Gasteiger partial charge in [0.15, 0.2) is 11.5 Å². The normalized spacial score (nSPS) is 13.0. The van der Waals surface area contributed by atoms with Crippen LogP contribution in [0.1, 0.15) is 0 Å². The van der Waals surface area contributed by atoms with Crippen molar-refractivity contribution >= 4 is 32.2 Å². The molecule has 0 aromatic carbocycles. The smallest absolute Gasteiger partial charge is 0.224 e. The highest BCUT2D eigenvalue weighted by atomic mass is 31.0. The zero-order chi connectivity index (χ0) is 13.1. The monoisotopic (exact) mass is 272 g/mol. The summed E-state index contributed by atoms with van der Waals surface area (Å²) in [5, 5.41) is 0. The van der Waals surface area contributed by atoms with Crippen LogP contribution in [0.3, 0.4) is 0 Å². The van der Waals surface area contributed by atoms with Crippen molar-refractivity contribution in [1.29, 1.82) is 0 Å². The van der Waals surface area contributed by atoms with Gasteiger partial charge in [0, 0.05) is 0 Å². The van der Waals surface area contributed by atoms with Crippen molar-refractivity contribution in [2.75, 3.05) is 24.5 Å². The first-order valence-electron chi connectivity index (χ1n) is 5.27. The average Bonchev–Trinajstić information content (AvgIpc) is 2.72. The predicted octanol–water partition coefficient (Wildman–Crippen LogP) is 0.178. The number of hydrogen-bond donors (Lipinski definition) is 2. The maximum atomic E-state index is 12.7. The number of ether oxygens (including phenoxy) is 1. The molecule has 2 rings (SSSR count). The van der Waals surface area contributed by atoms with Gasteiger partial charge in [0.05, 0.1) is 19.2 Å². The maximum Gasteiger partial charge on any atom is 0.224 e. The Balaban J connectivity index is 2.34. The number of fused-ring (bicyclic) bond motifs is 1. The molecule has 2 aromatic rings. The highest BCUT2D eigenvalue weighted by molar-refractivity contribution is 7.16. The second kappa shape index (κ2) is 5.41. The Labute approximate surface area is 105 Å². The van der Waals surface area contributed by atoms with Crippen LogP contribution in [0.2, 0.25) is 0 Å². The zero-order valence-corrected chi connectivity index (χ0v) is 10.7. The molecule has 2 aromatic heterocycles. The SMILES string of the molecule is Nc1nc(N)c2ncn(CC(CF)OCP)c2n1. The third-order valence-corrected chi connectivity index (χ3v) is 2.60. The molecule has 2 heterocycles. The van der Waals surface area contributed by atoms with E-state index in [1.165, 1.54) is 6.33 Å². The zero-order valence-electron chi connectivity index (χ0n) is 9.58. The fraction of sp³-hybridized carbons (Fsp3) is 0.444. The first-order valence-corrected chi connectivity index (χ1v) is 6.08. The van der Waals surface area contributed by atoms with E-state index in [-0.39, 0.29) is 18.3 Å². The van der Waals surface area contributed by atoms with E-state index in [1.807, 2.05) is 0 Å². The van der Waals surface area contributed by atoms with E-state index < -0.39 is 12.8 Å². The largest absolute Gasteiger partial charge is 0.382 e. The summed E-state index contributed by atoms with van der Waals surface area (Å²) < 4.78 is 19.6. The van der Waals surface area contributed by atoms with E-state index in [0.717, 1.165) is 0 Å². The molecule has 0 aliphatic heterocycles. The molecule has 0 aliphatic rings. The number of imidazole rings is 1. The third-order valence-electron chi connectivity index (χ3n) is 2.41. The van der Waals surface area contributed by atoms with Gasteiger partial charge in [-0.25, -0.2) is 9.37 Å². The number of alkyl halides is 1. The molecule has 4 N–H and O–H groups in total. The van der Waals surface area contributed by atoms with Crippen LogP contribution in [0.5, 0.6) is 0 Å². The van der Waals surface area contributed by atoms with Gasteiger partial charge >= 0.3 is 0 Å². The van der Waals surface area contributed by atoms with Crippen molar-refractivity contribution in [2.45, 2.75) is 12.6 Å². The molecule has 0 fully saturated rings. The van der Waals surface area contributed by atoms with E-state index in [2.05, 4.69) is 24.2 Å². The number of hydrogen-bond acceptors (Lipinski definition) is 6. The Bertz CT molecular complexity index is 547. The molecule has 0 radical (unpaired) electrons. The summed E-state index contributed by atoms with van der Waals surface area (Å²) in [5.41, 5.74) is 12.1. The molecule has 0 saturated carbocycles. The fourth-order valence-electron chi connectivity index (χ4n) is 1.62. The molecule has 98 valence electrons. The second-order valence-corrected chi connectivity index (χ2v) is 3.98. The molecule has 0 aliphatic carbocycles. The fourth-order valence-corrected chi connectivity index (χ4v) is 1.89. The Morgan fingerprint density at radius 2 is 2.22 bits per heavy atom. The topological polar surface area (TPSA) is 105 Å². The van der Waals surface area contributed by atoms with Gasteiger partial charge < -0.3 is 20.8 Å². The summed E-state index contributed by atoms with van der Waals surface area (Å²) in [7, 11) is 2.38. The van der Waals surface area contributed by atoms with Crippen LogP contribution in [0.25, 0.3) is 11.2 Å². The number of nitrogens with two attached hydrogens (primary N) is 2. The van der Waals surface area contributed by atoms with Crippen LogP contribution < -0.4 is 11.5 Å². The van der Waals surface area contributed by atoms with Crippen LogP contribution in [0.4, 0.5) is 16.2 Å². The van der Waals surface area contributed by atoms with Gasteiger partial charge in [0.2, 0.25) is 5.95 Å². The molecule has 9 heteroatoms. The number of halogens is 1. The minimum atomic E-state index is -0.593. The minimum absolute atomic E-state index is 0.0607. The van der Waals surface area contributed by atoms with Crippen molar-refractivity contribution in [3.63, 3.8) is 0 Å². The number of anilines is 2. The van der Waals surface area contributed by atoms with E-state index in [4.69, 9.17) is 16.2 Å². The number of rotatable bonds is 5. The standard InChI is InChI=1S/C9H14FN6OP/c10-1-5(17-4-18)2-16-3-13-6-7(11)14-9(12)15-8(6)16/h3,5H,1-2,4,18H2,(H4,11,12,14,15). The molecule has 0 amide bonds. The van der Waals surface area contributed by atoms with Crippen LogP contribution in [0.15, 0.2) is 6.33 Å². The van der Waals surface area contributed by atoms with Crippen LogP contribution in [-0.4, -0.2) is 38.6 Å². The Morgan fingerprint density at radius 1 is 1.44 bits per heavy atom. The van der Waals surface area contributed by atoms with E-state index >= 15 is 0 Å². The number of nitrogen functional groups attached to an aromatic ring is 2. The van der Waals surface area contributed by atoms with E-state index in [0.29, 0.717) is 17.5 Å². The third kappa shape index (κ3) is 2.49. The molecule has 0 spiro atoms. The van der Waals surface area contributed by atoms with E-state index in [1.54, 1.807) is 4.57 Å². The number of aromatic nitrogens is 4. The van der Waals surface area contributed by atoms with Gasteiger partial charge in [-0.2, -0.15) is 9.97 Å². The first kappa shape index (κ1) is 12.9. The minimum Gasteiger partial charge on any atom is -0.382 e. The Hall–Kier alpha value is -1.53. The van der Waals surface area contributed by atoms with Gasteiger partial charge in [-0.05, 0) is 0 Å². The molecular formula is C9H14FN6OP. The Morgan fingerprint density at radius 3 is 2.89 bits per heavy atom. The van der Waals surface area contributed by atoms with Crippen molar-refractivity contribution in [1.82, 2.24) is 19.5 Å². The molecule has 2 unspecified atom stereocenters. The molecule has 2 atom stereocenters. The molecule has 7 nitrogen and oxygen atoms in total. The second-order valence-electron chi connectivity index (χ2n) is 3.65. The highest BCUT2D eigenvalue weighted by Crippen LogP contribution is 2.17. The van der Waals surface area contributed by atoms with Gasteiger partial charge in [0.25, 0.3) is 0 Å². The summed E-state index contributed by atoms with van der Waals surface area (Å²) >= 11 is 0. The molecule has 0 saturated heterocycles. The summed E-state index contributed by atoms with van der Waals surface area (Å²) in [6.45, 7) is -0.304. The van der Waals surface area contributed by atoms with Gasteiger partial charge in [-0.3, -0.25) is 0 Å². The van der Waals surface area contributed by atoms with Crippen LogP contribution in [-0.2, 0) is 11.3 Å². The summed E-state index contributed by atoms with van der Waals surface area (Å²) in [6.07, 6.45) is 1.32.